The molecule has 3 nitrogen and oxygen atoms in total. The van der Waals surface area contributed by atoms with Gasteiger partial charge in [-0.05, 0) is 54.8 Å². The smallest absolute Gasteiger partial charge is 0.192 e. The van der Waals surface area contributed by atoms with Gasteiger partial charge in [0, 0.05) is 35.0 Å². The Morgan fingerprint density at radius 3 is 2.30 bits per heavy atom. The van der Waals surface area contributed by atoms with Crippen LogP contribution < -0.4 is 0 Å². The van der Waals surface area contributed by atoms with Crippen LogP contribution in [0, 0.1) is 34.0 Å². The molecule has 0 heterocycles. The summed E-state index contributed by atoms with van der Waals surface area (Å²) in [7, 11) is -1.86. The van der Waals surface area contributed by atoms with Gasteiger partial charge in [0.05, 0.1) is 6.10 Å². The monoisotopic (exact) mass is 430 g/mol. The highest BCUT2D eigenvalue weighted by atomic mass is 28.4. The molecule has 30 heavy (non-hydrogen) atoms. The Bertz CT molecular complexity index is 775. The predicted molar refractivity (Wildman–Crippen MR) is 124 cm³/mol. The van der Waals surface area contributed by atoms with Crippen molar-refractivity contribution in [2.45, 2.75) is 105 Å². The minimum Gasteiger partial charge on any atom is -0.410 e. The van der Waals surface area contributed by atoms with Gasteiger partial charge in [-0.3, -0.25) is 9.59 Å². The van der Waals surface area contributed by atoms with E-state index in [0.29, 0.717) is 30.3 Å². The highest BCUT2D eigenvalue weighted by Crippen LogP contribution is 2.69. The summed E-state index contributed by atoms with van der Waals surface area (Å²) in [5.74, 6) is 1.10. The van der Waals surface area contributed by atoms with Crippen molar-refractivity contribution < 1.29 is 14.0 Å². The average molecular weight is 431 g/mol. The standard InChI is InChI=1S/C26H42O3Si/c1-8-30(9-2,10-3)29-23-19-15-18(5)24(23,6)16-21(28)25(7)17(4)11-13-26(19)14-12-20(27)22(25)26/h15,17-18,22-23H,8-14,16H2,1-7H3/t17-,18-,22?,23+,24?,25+,26+/m1/s1. The molecule has 0 aliphatic heterocycles. The molecule has 7 atom stereocenters. The van der Waals surface area contributed by atoms with Gasteiger partial charge < -0.3 is 4.43 Å². The van der Waals surface area contributed by atoms with Gasteiger partial charge in [-0.15, -0.1) is 0 Å². The second-order valence-corrected chi connectivity index (χ2v) is 16.3. The van der Waals surface area contributed by atoms with Crippen molar-refractivity contribution >= 4 is 19.9 Å². The zero-order chi connectivity index (χ0) is 22.1. The highest BCUT2D eigenvalue weighted by molar-refractivity contribution is 6.73. The van der Waals surface area contributed by atoms with E-state index < -0.39 is 13.7 Å². The van der Waals surface area contributed by atoms with Gasteiger partial charge in [0.2, 0.25) is 0 Å². The fourth-order valence-corrected chi connectivity index (χ4v) is 10.8. The Labute approximate surface area is 184 Å². The van der Waals surface area contributed by atoms with Crippen molar-refractivity contribution in [1.29, 1.82) is 0 Å². The summed E-state index contributed by atoms with van der Waals surface area (Å²) in [4.78, 5) is 27.4. The van der Waals surface area contributed by atoms with E-state index in [9.17, 15) is 9.59 Å². The Morgan fingerprint density at radius 2 is 1.70 bits per heavy atom. The van der Waals surface area contributed by atoms with Crippen molar-refractivity contribution in [2.24, 2.45) is 34.0 Å². The molecular formula is C26H42O3Si. The summed E-state index contributed by atoms with van der Waals surface area (Å²) in [6.07, 6.45) is 6.65. The van der Waals surface area contributed by atoms with Crippen LogP contribution >= 0.6 is 0 Å². The van der Waals surface area contributed by atoms with E-state index in [0.717, 1.165) is 37.4 Å². The summed E-state index contributed by atoms with van der Waals surface area (Å²) in [5, 5.41) is 0. The maximum absolute atomic E-state index is 14.0. The van der Waals surface area contributed by atoms with E-state index in [1.165, 1.54) is 5.57 Å². The Balaban J connectivity index is 1.91. The lowest BCUT2D eigenvalue weighted by Gasteiger charge is -2.57. The zero-order valence-corrected chi connectivity index (χ0v) is 21.3. The van der Waals surface area contributed by atoms with E-state index in [-0.39, 0.29) is 28.8 Å². The molecular weight excluding hydrogens is 388 g/mol. The van der Waals surface area contributed by atoms with Crippen LogP contribution in [-0.4, -0.2) is 26.0 Å². The molecule has 2 unspecified atom stereocenters. The third-order valence-corrected chi connectivity index (χ3v) is 15.3. The lowest BCUT2D eigenvalue weighted by molar-refractivity contribution is -0.156. The highest BCUT2D eigenvalue weighted by Gasteiger charge is 2.69. The first-order chi connectivity index (χ1) is 14.0. The number of ketones is 2. The Morgan fingerprint density at radius 1 is 1.07 bits per heavy atom. The SMILES string of the molecule is CC[Si](CC)(CC)O[C@H]1C2=C[C@@H](C)C1(C)CC(=O)[C@@]1(C)C3C(=O)CC[C@@]23CC[C@H]1C. The van der Waals surface area contributed by atoms with Gasteiger partial charge in [-0.1, -0.05) is 54.5 Å². The normalized spacial score (nSPS) is 45.8. The molecule has 4 aliphatic carbocycles. The summed E-state index contributed by atoms with van der Waals surface area (Å²) in [5.41, 5.74) is 0.564. The first-order valence-corrected chi connectivity index (χ1v) is 15.0. The average Bonchev–Trinajstić information content (AvgIpc) is 3.19. The topological polar surface area (TPSA) is 43.4 Å². The molecule has 0 N–H and O–H groups in total. The summed E-state index contributed by atoms with van der Waals surface area (Å²) in [6, 6.07) is 3.35. The Hall–Kier alpha value is -0.743. The quantitative estimate of drug-likeness (QED) is 0.378. The number of carbonyl (C=O) groups excluding carboxylic acids is 2. The van der Waals surface area contributed by atoms with E-state index in [1.807, 2.05) is 0 Å². The van der Waals surface area contributed by atoms with Crippen LogP contribution in [0.2, 0.25) is 18.1 Å². The number of Topliss-reactive ketones (excluding diaryl/α,β-unsaturated/α-hetero) is 2. The molecule has 4 rings (SSSR count). The van der Waals surface area contributed by atoms with Crippen LogP contribution in [0.3, 0.4) is 0 Å². The van der Waals surface area contributed by atoms with Gasteiger partial charge in [0.25, 0.3) is 0 Å². The predicted octanol–water partition coefficient (Wildman–Crippen LogP) is 6.33. The van der Waals surface area contributed by atoms with Crippen LogP contribution in [0.1, 0.15) is 80.6 Å². The first kappa shape index (κ1) is 22.5. The van der Waals surface area contributed by atoms with E-state index in [4.69, 9.17) is 4.43 Å². The maximum Gasteiger partial charge on any atom is 0.192 e. The second kappa shape index (κ2) is 7.13. The van der Waals surface area contributed by atoms with Crippen molar-refractivity contribution in [3.05, 3.63) is 11.6 Å². The zero-order valence-electron chi connectivity index (χ0n) is 20.3. The summed E-state index contributed by atoms with van der Waals surface area (Å²) >= 11 is 0. The molecule has 0 spiro atoms. The number of rotatable bonds is 5. The van der Waals surface area contributed by atoms with Crippen molar-refractivity contribution in [1.82, 2.24) is 0 Å². The molecule has 0 radical (unpaired) electrons. The van der Waals surface area contributed by atoms with Crippen LogP contribution in [0.15, 0.2) is 11.6 Å². The third kappa shape index (κ3) is 2.65. The minimum atomic E-state index is -1.86. The molecule has 0 saturated heterocycles. The first-order valence-electron chi connectivity index (χ1n) is 12.5. The largest absolute Gasteiger partial charge is 0.410 e. The Kier molecular flexibility index (Phi) is 5.34. The van der Waals surface area contributed by atoms with Crippen LogP contribution in [0.4, 0.5) is 0 Å². The van der Waals surface area contributed by atoms with Gasteiger partial charge in [0.1, 0.15) is 11.6 Å². The van der Waals surface area contributed by atoms with Gasteiger partial charge in [0.15, 0.2) is 8.32 Å². The molecule has 0 aromatic carbocycles. The third-order valence-electron chi connectivity index (χ3n) is 10.7. The fourth-order valence-electron chi connectivity index (χ4n) is 7.88. The minimum absolute atomic E-state index is 0.00863. The fraction of sp³-hybridized carbons (Fsp3) is 0.846. The number of hydrogen-bond acceptors (Lipinski definition) is 3. The van der Waals surface area contributed by atoms with Crippen molar-refractivity contribution in [3.63, 3.8) is 0 Å². The lowest BCUT2D eigenvalue weighted by Crippen LogP contribution is -2.59. The number of fused-ring (bicyclic) bond motifs is 2. The molecule has 0 amide bonds. The van der Waals surface area contributed by atoms with Crippen molar-refractivity contribution in [2.75, 3.05) is 0 Å². The summed E-state index contributed by atoms with van der Waals surface area (Å²) in [6.45, 7) is 15.8. The van der Waals surface area contributed by atoms with E-state index >= 15 is 0 Å². The van der Waals surface area contributed by atoms with Gasteiger partial charge >= 0.3 is 0 Å². The molecule has 3 saturated carbocycles. The van der Waals surface area contributed by atoms with Crippen molar-refractivity contribution in [3.8, 4) is 0 Å². The molecule has 0 aromatic heterocycles. The van der Waals surface area contributed by atoms with E-state index in [1.54, 1.807) is 0 Å². The van der Waals surface area contributed by atoms with Gasteiger partial charge in [-0.2, -0.15) is 0 Å². The number of hydrogen-bond donors (Lipinski definition) is 0. The van der Waals surface area contributed by atoms with E-state index in [2.05, 4.69) is 54.5 Å². The molecule has 4 bridgehead atoms. The molecule has 3 fully saturated rings. The molecule has 168 valence electrons. The van der Waals surface area contributed by atoms with Crippen LogP contribution in [-0.2, 0) is 14.0 Å². The maximum atomic E-state index is 14.0. The molecule has 0 aromatic rings. The molecule has 4 heteroatoms. The van der Waals surface area contributed by atoms with Gasteiger partial charge in [-0.25, -0.2) is 0 Å². The van der Waals surface area contributed by atoms with Crippen LogP contribution in [0.5, 0.6) is 0 Å². The summed E-state index contributed by atoms with van der Waals surface area (Å²) < 4.78 is 7.27. The van der Waals surface area contributed by atoms with Crippen LogP contribution in [0.25, 0.3) is 0 Å². The number of allylic oxidation sites excluding steroid dienone is 1. The number of carbonyl (C=O) groups is 2. The lowest BCUT2D eigenvalue weighted by atomic mass is 9.46. The second-order valence-electron chi connectivity index (χ2n) is 11.5. The molecule has 4 aliphatic rings.